The van der Waals surface area contributed by atoms with Crippen LogP contribution in [0, 0.1) is 5.82 Å². The Morgan fingerprint density at radius 2 is 2.08 bits per heavy atom. The van der Waals surface area contributed by atoms with Gasteiger partial charge in [0.1, 0.15) is 11.9 Å². The van der Waals surface area contributed by atoms with E-state index in [1.54, 1.807) is 13.1 Å². The van der Waals surface area contributed by atoms with Crippen LogP contribution >= 0.6 is 0 Å². The average molecular weight is 353 g/mol. The van der Waals surface area contributed by atoms with Crippen LogP contribution in [-0.2, 0) is 16.1 Å². The van der Waals surface area contributed by atoms with Crippen LogP contribution in [0.3, 0.4) is 0 Å². The van der Waals surface area contributed by atoms with Crippen LogP contribution in [0.2, 0.25) is 0 Å². The van der Waals surface area contributed by atoms with Gasteiger partial charge in [-0.2, -0.15) is 0 Å². The molecule has 0 bridgehead atoms. The summed E-state index contributed by atoms with van der Waals surface area (Å²) in [5.74, 6) is -0.952. The van der Waals surface area contributed by atoms with E-state index in [9.17, 15) is 18.0 Å². The third kappa shape index (κ3) is 5.25. The number of hydrogen-bond donors (Lipinski definition) is 0. The van der Waals surface area contributed by atoms with E-state index in [0.29, 0.717) is 36.5 Å². The molecule has 2 rings (SSSR count). The van der Waals surface area contributed by atoms with E-state index < -0.39 is 17.8 Å². The second-order valence-electron chi connectivity index (χ2n) is 5.67. The number of rotatable bonds is 8. The van der Waals surface area contributed by atoms with Gasteiger partial charge in [0.2, 0.25) is 0 Å². The van der Waals surface area contributed by atoms with Crippen molar-refractivity contribution in [2.75, 3.05) is 13.6 Å². The van der Waals surface area contributed by atoms with Gasteiger partial charge in [0, 0.05) is 24.8 Å². The molecule has 0 amide bonds. The highest BCUT2D eigenvalue weighted by Crippen LogP contribution is 2.27. The molecule has 134 valence electrons. The van der Waals surface area contributed by atoms with Crippen molar-refractivity contribution in [3.8, 4) is 11.3 Å². The molecular weight excluding hydrogens is 335 g/mol. The van der Waals surface area contributed by atoms with Crippen molar-refractivity contribution in [1.29, 1.82) is 0 Å². The summed E-state index contributed by atoms with van der Waals surface area (Å²) in [5.41, 5.74) is 0.694. The van der Waals surface area contributed by atoms with Gasteiger partial charge in [-0.25, -0.2) is 18.2 Å². The third-order valence-electron chi connectivity index (χ3n) is 3.50. The lowest BCUT2D eigenvalue weighted by Gasteiger charge is -2.19. The predicted octanol–water partition coefficient (Wildman–Crippen LogP) is 3.21. The Balaban J connectivity index is 2.16. The highest BCUT2D eigenvalue weighted by atomic mass is 19.3. The topological polar surface area (TPSA) is 55.3 Å². The quantitative estimate of drug-likeness (QED) is 0.682. The van der Waals surface area contributed by atoms with Gasteiger partial charge in [0.25, 0.3) is 12.9 Å². The molecule has 1 aromatic heterocycles. The minimum absolute atomic E-state index is 0.274. The monoisotopic (exact) mass is 353 g/mol. The lowest BCUT2D eigenvalue weighted by Crippen LogP contribution is -2.29. The maximum Gasteiger partial charge on any atom is 0.293 e. The van der Waals surface area contributed by atoms with Crippen molar-refractivity contribution < 1.29 is 22.7 Å². The summed E-state index contributed by atoms with van der Waals surface area (Å²) in [7, 11) is 1.83. The number of ether oxygens (including phenoxy) is 1. The van der Waals surface area contributed by atoms with Crippen LogP contribution in [0.15, 0.2) is 30.6 Å². The summed E-state index contributed by atoms with van der Waals surface area (Å²) in [4.78, 5) is 20.7. The summed E-state index contributed by atoms with van der Waals surface area (Å²) in [6.45, 7) is 3.08. The lowest BCUT2D eigenvalue weighted by atomic mass is 10.1. The molecule has 1 aromatic carbocycles. The highest BCUT2D eigenvalue weighted by molar-refractivity contribution is 5.59. The molecule has 0 saturated heterocycles. The number of likely N-dealkylation sites (N-methyl/N-ethyl adjacent to an activating group) is 1. The molecule has 0 fully saturated rings. The third-order valence-corrected chi connectivity index (χ3v) is 3.50. The zero-order valence-electron chi connectivity index (χ0n) is 13.8. The normalized spacial score (nSPS) is 12.4. The van der Waals surface area contributed by atoms with Crippen LogP contribution in [0.1, 0.15) is 24.6 Å². The van der Waals surface area contributed by atoms with Crippen molar-refractivity contribution in [1.82, 2.24) is 14.9 Å². The first-order valence-corrected chi connectivity index (χ1v) is 7.57. The number of nitrogens with zero attached hydrogens (tertiary/aromatic N) is 3. The maximum absolute atomic E-state index is 13.4. The Hall–Kier alpha value is -2.48. The molecule has 8 heteroatoms. The van der Waals surface area contributed by atoms with E-state index in [1.807, 2.05) is 11.9 Å². The van der Waals surface area contributed by atoms with Gasteiger partial charge < -0.3 is 4.74 Å². The molecule has 0 spiro atoms. The minimum atomic E-state index is -2.90. The fraction of sp³-hybridized carbons (Fsp3) is 0.353. The molecule has 0 aliphatic heterocycles. The number of aromatic nitrogens is 2. The van der Waals surface area contributed by atoms with E-state index >= 15 is 0 Å². The minimum Gasteiger partial charge on any atom is -0.464 e. The molecule has 0 N–H and O–H groups in total. The van der Waals surface area contributed by atoms with E-state index in [1.165, 1.54) is 12.3 Å². The molecular formula is C17H18F3N3O2. The van der Waals surface area contributed by atoms with Gasteiger partial charge in [0.15, 0.2) is 0 Å². The number of hydrogen-bond acceptors (Lipinski definition) is 5. The summed E-state index contributed by atoms with van der Waals surface area (Å²) in [5, 5.41) is 0. The molecule has 2 aromatic rings. The van der Waals surface area contributed by atoms with Crippen molar-refractivity contribution in [3.63, 3.8) is 0 Å². The Kier molecular flexibility index (Phi) is 6.46. The molecule has 0 saturated carbocycles. The second-order valence-corrected chi connectivity index (χ2v) is 5.67. The Morgan fingerprint density at radius 1 is 1.32 bits per heavy atom. The zero-order valence-corrected chi connectivity index (χ0v) is 13.8. The predicted molar refractivity (Wildman–Crippen MR) is 85.3 cm³/mol. The Labute approximate surface area is 143 Å². The number of alkyl halides is 2. The van der Waals surface area contributed by atoms with Crippen molar-refractivity contribution >= 4 is 6.47 Å². The van der Waals surface area contributed by atoms with Gasteiger partial charge in [-0.05, 0) is 32.2 Å². The fourth-order valence-corrected chi connectivity index (χ4v) is 2.41. The van der Waals surface area contributed by atoms with Gasteiger partial charge in [0.05, 0.1) is 23.1 Å². The van der Waals surface area contributed by atoms with E-state index in [2.05, 4.69) is 9.97 Å². The van der Waals surface area contributed by atoms with Gasteiger partial charge >= 0.3 is 0 Å². The average Bonchev–Trinajstić information content (AvgIpc) is 2.55. The summed E-state index contributed by atoms with van der Waals surface area (Å²) in [6, 6.07) is 3.46. The molecule has 1 heterocycles. The highest BCUT2D eigenvalue weighted by Gasteiger charge is 2.15. The fourth-order valence-electron chi connectivity index (χ4n) is 2.41. The number of carbonyl (C=O) groups excluding carboxylic acids is 1. The maximum atomic E-state index is 13.4. The number of carbonyl (C=O) groups is 1. The lowest BCUT2D eigenvalue weighted by molar-refractivity contribution is -0.133. The van der Waals surface area contributed by atoms with Crippen LogP contribution in [0.5, 0.6) is 0 Å². The van der Waals surface area contributed by atoms with Crippen LogP contribution in [-0.4, -0.2) is 41.0 Å². The molecule has 25 heavy (non-hydrogen) atoms. The van der Waals surface area contributed by atoms with Crippen molar-refractivity contribution in [2.24, 2.45) is 0 Å². The van der Waals surface area contributed by atoms with Crippen LogP contribution in [0.4, 0.5) is 13.2 Å². The zero-order chi connectivity index (χ0) is 18.4. The SMILES string of the molecule is CC(CN(C)Cc1cncc(-c2ccc(F)c(C(F)F)c2)n1)OC=O. The van der Waals surface area contributed by atoms with E-state index in [0.717, 1.165) is 12.1 Å². The molecule has 5 nitrogen and oxygen atoms in total. The van der Waals surface area contributed by atoms with Crippen molar-refractivity contribution in [2.45, 2.75) is 26.0 Å². The molecule has 0 aliphatic rings. The Bertz CT molecular complexity index is 728. The summed E-state index contributed by atoms with van der Waals surface area (Å²) in [6.07, 6.45) is -0.182. The Morgan fingerprint density at radius 3 is 2.76 bits per heavy atom. The van der Waals surface area contributed by atoms with Gasteiger partial charge in [-0.1, -0.05) is 0 Å². The molecule has 0 aliphatic carbocycles. The van der Waals surface area contributed by atoms with E-state index in [-0.39, 0.29) is 6.10 Å². The smallest absolute Gasteiger partial charge is 0.293 e. The number of halogens is 3. The second kappa shape index (κ2) is 8.57. The first-order chi connectivity index (χ1) is 11.9. The van der Waals surface area contributed by atoms with Crippen LogP contribution in [0.25, 0.3) is 11.3 Å². The molecule has 1 unspecified atom stereocenters. The summed E-state index contributed by atoms with van der Waals surface area (Å²) < 4.78 is 43.9. The van der Waals surface area contributed by atoms with Gasteiger partial charge in [-0.15, -0.1) is 0 Å². The van der Waals surface area contributed by atoms with E-state index in [4.69, 9.17) is 4.74 Å². The molecule has 0 radical (unpaired) electrons. The standard InChI is InChI=1S/C17H18F3N3O2/c1-11(25-10-24)8-23(2)9-13-6-21-7-16(22-13)12-3-4-15(18)14(5-12)17(19)20/h3-7,10-11,17H,8-9H2,1-2H3. The first kappa shape index (κ1) is 18.9. The van der Waals surface area contributed by atoms with Crippen molar-refractivity contribution in [3.05, 3.63) is 47.7 Å². The first-order valence-electron chi connectivity index (χ1n) is 7.57. The number of benzene rings is 1. The van der Waals surface area contributed by atoms with Crippen LogP contribution < -0.4 is 0 Å². The molecule has 1 atom stereocenters. The van der Waals surface area contributed by atoms with Gasteiger partial charge in [-0.3, -0.25) is 14.7 Å². The summed E-state index contributed by atoms with van der Waals surface area (Å²) >= 11 is 0. The largest absolute Gasteiger partial charge is 0.464 e.